The molecule has 3 aromatic rings. The minimum atomic E-state index is -0.598. The van der Waals surface area contributed by atoms with E-state index in [4.69, 9.17) is 4.74 Å². The number of pyridine rings is 1. The number of carbonyl (C=O) groups excluding carboxylic acids is 1. The summed E-state index contributed by atoms with van der Waals surface area (Å²) in [5.41, 5.74) is 0.842. The summed E-state index contributed by atoms with van der Waals surface area (Å²) >= 11 is 0. The molecule has 1 amide bonds. The number of amides is 1. The number of nitrogens with zero attached hydrogens (tertiary/aromatic N) is 1. The van der Waals surface area contributed by atoms with E-state index in [2.05, 4.69) is 10.3 Å². The largest absolute Gasteiger partial charge is 0.456 e. The van der Waals surface area contributed by atoms with Gasteiger partial charge in [-0.05, 0) is 61.0 Å². The summed E-state index contributed by atoms with van der Waals surface area (Å²) in [6.45, 7) is 1.82. The van der Waals surface area contributed by atoms with Gasteiger partial charge < -0.3 is 10.1 Å². The van der Waals surface area contributed by atoms with Crippen molar-refractivity contribution in [3.63, 3.8) is 0 Å². The summed E-state index contributed by atoms with van der Waals surface area (Å²) in [5, 5.41) is 2.78. The molecule has 1 N–H and O–H groups in total. The smallest absolute Gasteiger partial charge is 0.244 e. The fraction of sp³-hybridized carbons (Fsp3) is 0.0909. The maximum atomic E-state index is 13.6. The molecule has 4 nitrogen and oxygen atoms in total. The molecule has 142 valence electrons. The quantitative estimate of drug-likeness (QED) is 0.610. The van der Waals surface area contributed by atoms with Crippen molar-refractivity contribution < 1.29 is 18.3 Å². The first-order valence-electron chi connectivity index (χ1n) is 8.63. The van der Waals surface area contributed by atoms with E-state index in [9.17, 15) is 13.6 Å². The van der Waals surface area contributed by atoms with E-state index in [1.165, 1.54) is 12.2 Å². The van der Waals surface area contributed by atoms with Gasteiger partial charge in [0.1, 0.15) is 23.1 Å². The van der Waals surface area contributed by atoms with Crippen LogP contribution in [0.5, 0.6) is 11.5 Å². The zero-order valence-electron chi connectivity index (χ0n) is 15.1. The fourth-order valence-corrected chi connectivity index (χ4v) is 2.54. The molecule has 28 heavy (non-hydrogen) atoms. The summed E-state index contributed by atoms with van der Waals surface area (Å²) in [4.78, 5) is 16.1. The fourth-order valence-electron chi connectivity index (χ4n) is 2.54. The number of carbonyl (C=O) groups is 1. The third-order valence-corrected chi connectivity index (χ3v) is 3.96. The molecule has 0 aliphatic carbocycles. The Balaban J connectivity index is 1.64. The van der Waals surface area contributed by atoms with Crippen LogP contribution in [-0.4, -0.2) is 10.9 Å². The Hall–Kier alpha value is -3.54. The van der Waals surface area contributed by atoms with Crippen molar-refractivity contribution in [2.75, 3.05) is 0 Å². The van der Waals surface area contributed by atoms with E-state index in [-0.39, 0.29) is 11.6 Å². The molecule has 1 atom stereocenters. The second-order valence-corrected chi connectivity index (χ2v) is 6.09. The maximum Gasteiger partial charge on any atom is 0.244 e. The zero-order valence-corrected chi connectivity index (χ0v) is 15.1. The summed E-state index contributed by atoms with van der Waals surface area (Å²) in [7, 11) is 0. The first-order valence-corrected chi connectivity index (χ1v) is 8.63. The Morgan fingerprint density at radius 1 is 1.11 bits per heavy atom. The lowest BCUT2D eigenvalue weighted by molar-refractivity contribution is -0.117. The van der Waals surface area contributed by atoms with Gasteiger partial charge in [0.2, 0.25) is 5.91 Å². The van der Waals surface area contributed by atoms with Gasteiger partial charge in [0, 0.05) is 17.8 Å². The van der Waals surface area contributed by atoms with Crippen LogP contribution < -0.4 is 10.1 Å². The van der Waals surface area contributed by atoms with E-state index in [0.29, 0.717) is 11.5 Å². The van der Waals surface area contributed by atoms with E-state index in [1.807, 2.05) is 25.1 Å². The second-order valence-electron chi connectivity index (χ2n) is 6.09. The number of rotatable bonds is 6. The van der Waals surface area contributed by atoms with E-state index in [0.717, 1.165) is 23.8 Å². The minimum Gasteiger partial charge on any atom is -0.456 e. The lowest BCUT2D eigenvalue weighted by Crippen LogP contribution is -2.24. The lowest BCUT2D eigenvalue weighted by atomic mass is 10.1. The second kappa shape index (κ2) is 8.90. The SMILES string of the molecule is C[C@H](NC(=O)/C=C/c1cc(F)ccc1F)c1cccc(Oc2cccnc2)c1. The molecular weight excluding hydrogens is 362 g/mol. The molecule has 0 bridgehead atoms. The van der Waals surface area contributed by atoms with Gasteiger partial charge in [0.25, 0.3) is 0 Å². The molecule has 0 saturated carbocycles. The van der Waals surface area contributed by atoms with Crippen molar-refractivity contribution in [3.05, 3.63) is 95.8 Å². The summed E-state index contributed by atoms with van der Waals surface area (Å²) in [6, 6.07) is 13.6. The number of hydrogen-bond donors (Lipinski definition) is 1. The van der Waals surface area contributed by atoms with Gasteiger partial charge in [-0.15, -0.1) is 0 Å². The normalized spacial score (nSPS) is 12.0. The highest BCUT2D eigenvalue weighted by molar-refractivity contribution is 5.92. The molecule has 0 fully saturated rings. The molecular formula is C22H18F2N2O2. The number of nitrogens with one attached hydrogen (secondary N) is 1. The van der Waals surface area contributed by atoms with Crippen molar-refractivity contribution in [2.24, 2.45) is 0 Å². The highest BCUT2D eigenvalue weighted by Crippen LogP contribution is 2.24. The Morgan fingerprint density at radius 3 is 2.71 bits per heavy atom. The van der Waals surface area contributed by atoms with E-state index >= 15 is 0 Å². The molecule has 2 aromatic carbocycles. The highest BCUT2D eigenvalue weighted by atomic mass is 19.1. The number of benzene rings is 2. The number of hydrogen-bond acceptors (Lipinski definition) is 3. The first kappa shape index (κ1) is 19.2. The minimum absolute atomic E-state index is 0.00895. The first-order chi connectivity index (χ1) is 13.5. The molecule has 6 heteroatoms. The Morgan fingerprint density at radius 2 is 1.93 bits per heavy atom. The third kappa shape index (κ3) is 5.23. The molecule has 1 heterocycles. The molecule has 0 unspecified atom stereocenters. The monoisotopic (exact) mass is 380 g/mol. The van der Waals surface area contributed by atoms with Crippen LogP contribution in [-0.2, 0) is 4.79 Å². The van der Waals surface area contributed by atoms with Crippen LogP contribution in [0.15, 0.2) is 73.1 Å². The Bertz CT molecular complexity index is 991. The summed E-state index contributed by atoms with van der Waals surface area (Å²) in [5.74, 6) is -0.367. The van der Waals surface area contributed by atoms with Crippen molar-refractivity contribution in [2.45, 2.75) is 13.0 Å². The lowest BCUT2D eigenvalue weighted by Gasteiger charge is -2.14. The molecule has 0 saturated heterocycles. The van der Waals surface area contributed by atoms with Gasteiger partial charge in [0.05, 0.1) is 12.2 Å². The average molecular weight is 380 g/mol. The number of aromatic nitrogens is 1. The summed E-state index contributed by atoms with van der Waals surface area (Å²) < 4.78 is 32.5. The molecule has 0 radical (unpaired) electrons. The van der Waals surface area contributed by atoms with Crippen LogP contribution >= 0.6 is 0 Å². The zero-order chi connectivity index (χ0) is 19.9. The van der Waals surface area contributed by atoms with Gasteiger partial charge >= 0.3 is 0 Å². The van der Waals surface area contributed by atoms with Crippen molar-refractivity contribution in [1.82, 2.24) is 10.3 Å². The van der Waals surface area contributed by atoms with Crippen LogP contribution in [0.3, 0.4) is 0 Å². The number of halogens is 2. The topological polar surface area (TPSA) is 51.2 Å². The highest BCUT2D eigenvalue weighted by Gasteiger charge is 2.09. The Labute approximate surface area is 161 Å². The van der Waals surface area contributed by atoms with Gasteiger partial charge in [-0.2, -0.15) is 0 Å². The van der Waals surface area contributed by atoms with Crippen molar-refractivity contribution in [1.29, 1.82) is 0 Å². The van der Waals surface area contributed by atoms with Gasteiger partial charge in [-0.3, -0.25) is 9.78 Å². The van der Waals surface area contributed by atoms with Crippen molar-refractivity contribution >= 4 is 12.0 Å². The van der Waals surface area contributed by atoms with Crippen LogP contribution in [0, 0.1) is 11.6 Å². The van der Waals surface area contributed by atoms with Crippen LogP contribution in [0.4, 0.5) is 8.78 Å². The number of ether oxygens (including phenoxy) is 1. The average Bonchev–Trinajstić information content (AvgIpc) is 2.69. The molecule has 1 aromatic heterocycles. The van der Waals surface area contributed by atoms with E-state index in [1.54, 1.807) is 30.6 Å². The van der Waals surface area contributed by atoms with Crippen LogP contribution in [0.25, 0.3) is 6.08 Å². The van der Waals surface area contributed by atoms with Crippen molar-refractivity contribution in [3.8, 4) is 11.5 Å². The standard InChI is InChI=1S/C22H18F2N2O2/c1-15(26-22(27)10-7-17-12-18(23)8-9-21(17)24)16-4-2-5-19(13-16)28-20-6-3-11-25-14-20/h2-15H,1H3,(H,26,27)/b10-7+/t15-/m0/s1. The Kier molecular flexibility index (Phi) is 6.11. The predicted octanol–water partition coefficient (Wildman–Crippen LogP) is 5.04. The summed E-state index contributed by atoms with van der Waals surface area (Å²) in [6.07, 6.45) is 5.67. The van der Waals surface area contributed by atoms with Crippen LogP contribution in [0.2, 0.25) is 0 Å². The molecule has 0 aliphatic rings. The van der Waals surface area contributed by atoms with Gasteiger partial charge in [-0.1, -0.05) is 12.1 Å². The maximum absolute atomic E-state index is 13.6. The predicted molar refractivity (Wildman–Crippen MR) is 103 cm³/mol. The van der Waals surface area contributed by atoms with Crippen LogP contribution in [0.1, 0.15) is 24.1 Å². The molecule has 0 spiro atoms. The molecule has 0 aliphatic heterocycles. The van der Waals surface area contributed by atoms with Gasteiger partial charge in [0.15, 0.2) is 0 Å². The van der Waals surface area contributed by atoms with E-state index < -0.39 is 17.5 Å². The van der Waals surface area contributed by atoms with Gasteiger partial charge in [-0.25, -0.2) is 8.78 Å². The third-order valence-electron chi connectivity index (χ3n) is 3.96. The molecule has 3 rings (SSSR count).